The lowest BCUT2D eigenvalue weighted by Gasteiger charge is -2.43. The van der Waals surface area contributed by atoms with Crippen LogP contribution in [0.3, 0.4) is 0 Å². The molecule has 1 saturated carbocycles. The maximum Gasteiger partial charge on any atom is 0.227 e. The summed E-state index contributed by atoms with van der Waals surface area (Å²) in [4.78, 5) is 14.4. The van der Waals surface area contributed by atoms with Gasteiger partial charge in [-0.1, -0.05) is 31.0 Å². The number of morpholine rings is 1. The van der Waals surface area contributed by atoms with Gasteiger partial charge in [0.2, 0.25) is 5.91 Å². The summed E-state index contributed by atoms with van der Waals surface area (Å²) in [6.07, 6.45) is 4.70. The third kappa shape index (κ3) is 2.70. The van der Waals surface area contributed by atoms with E-state index in [0.29, 0.717) is 18.7 Å². The highest BCUT2D eigenvalue weighted by molar-refractivity contribution is 5.79. The lowest BCUT2D eigenvalue weighted by atomic mass is 9.90. The zero-order chi connectivity index (χ0) is 13.9. The predicted molar refractivity (Wildman–Crippen MR) is 73.8 cm³/mol. The van der Waals surface area contributed by atoms with Crippen LogP contribution >= 0.6 is 0 Å². The Labute approximate surface area is 118 Å². The van der Waals surface area contributed by atoms with Gasteiger partial charge in [-0.3, -0.25) is 4.79 Å². The fraction of sp³-hybridized carbons (Fsp3) is 0.562. The molecule has 108 valence electrons. The van der Waals surface area contributed by atoms with E-state index in [9.17, 15) is 9.18 Å². The summed E-state index contributed by atoms with van der Waals surface area (Å²) in [7, 11) is 0. The van der Waals surface area contributed by atoms with Crippen molar-refractivity contribution in [2.75, 3.05) is 13.2 Å². The topological polar surface area (TPSA) is 29.5 Å². The summed E-state index contributed by atoms with van der Waals surface area (Å²) < 4.78 is 19.4. The number of carbonyl (C=O) groups is 1. The maximum atomic E-state index is 13.7. The number of amides is 1. The lowest BCUT2D eigenvalue weighted by Crippen LogP contribution is -2.55. The number of nitrogens with zero attached hydrogens (tertiary/aromatic N) is 1. The zero-order valence-corrected chi connectivity index (χ0v) is 11.6. The molecule has 1 aromatic rings. The largest absolute Gasteiger partial charge is 0.374 e. The van der Waals surface area contributed by atoms with Gasteiger partial charge in [0.25, 0.3) is 0 Å². The van der Waals surface area contributed by atoms with E-state index in [1.54, 1.807) is 18.2 Å². The number of rotatable bonds is 2. The molecule has 2 aliphatic rings. The molecule has 20 heavy (non-hydrogen) atoms. The number of fused-ring (bicyclic) bond motifs is 1. The number of hydrogen-bond donors (Lipinski definition) is 0. The van der Waals surface area contributed by atoms with E-state index in [-0.39, 0.29) is 30.3 Å². The van der Waals surface area contributed by atoms with Crippen LogP contribution in [0.25, 0.3) is 0 Å². The van der Waals surface area contributed by atoms with Crippen LogP contribution in [0.15, 0.2) is 24.3 Å². The van der Waals surface area contributed by atoms with Gasteiger partial charge in [0.05, 0.1) is 25.2 Å². The molecular weight excluding hydrogens is 257 g/mol. The summed E-state index contributed by atoms with van der Waals surface area (Å²) in [5.74, 6) is -0.274. The van der Waals surface area contributed by atoms with Gasteiger partial charge in [-0.15, -0.1) is 0 Å². The minimum absolute atomic E-state index is 0.0234. The van der Waals surface area contributed by atoms with Crippen molar-refractivity contribution in [1.82, 2.24) is 4.90 Å². The van der Waals surface area contributed by atoms with E-state index < -0.39 is 0 Å². The van der Waals surface area contributed by atoms with Gasteiger partial charge in [-0.25, -0.2) is 4.39 Å². The summed E-state index contributed by atoms with van der Waals surface area (Å²) in [6.45, 7) is 1.23. The SMILES string of the molecule is O=C(Cc1ccccc1F)N1CCOC2CCCCC21. The maximum absolute atomic E-state index is 13.7. The van der Waals surface area contributed by atoms with Crippen LogP contribution in [0.4, 0.5) is 4.39 Å². The summed E-state index contributed by atoms with van der Waals surface area (Å²) in [5, 5.41) is 0. The predicted octanol–water partition coefficient (Wildman–Crippen LogP) is 2.54. The van der Waals surface area contributed by atoms with Gasteiger partial charge < -0.3 is 9.64 Å². The first kappa shape index (κ1) is 13.6. The Bertz CT molecular complexity index is 489. The minimum atomic E-state index is -0.297. The highest BCUT2D eigenvalue weighted by Crippen LogP contribution is 2.29. The Morgan fingerprint density at radius 3 is 2.95 bits per heavy atom. The molecule has 1 aliphatic heterocycles. The van der Waals surface area contributed by atoms with E-state index in [1.165, 1.54) is 12.5 Å². The molecule has 2 unspecified atom stereocenters. The molecule has 2 atom stereocenters. The minimum Gasteiger partial charge on any atom is -0.374 e. The second-order valence-electron chi connectivity index (χ2n) is 5.62. The molecule has 3 nitrogen and oxygen atoms in total. The van der Waals surface area contributed by atoms with Crippen LogP contribution in [0.1, 0.15) is 31.2 Å². The van der Waals surface area contributed by atoms with Crippen LogP contribution in [-0.2, 0) is 16.0 Å². The number of benzene rings is 1. The highest BCUT2D eigenvalue weighted by Gasteiger charge is 2.36. The van der Waals surface area contributed by atoms with Crippen LogP contribution in [0.2, 0.25) is 0 Å². The van der Waals surface area contributed by atoms with Crippen molar-refractivity contribution in [1.29, 1.82) is 0 Å². The molecule has 3 rings (SSSR count). The lowest BCUT2D eigenvalue weighted by molar-refractivity contribution is -0.148. The quantitative estimate of drug-likeness (QED) is 0.831. The first-order valence-corrected chi connectivity index (χ1v) is 7.40. The van der Waals surface area contributed by atoms with Gasteiger partial charge in [-0.05, 0) is 24.5 Å². The van der Waals surface area contributed by atoms with Gasteiger partial charge in [0.15, 0.2) is 0 Å². The Kier molecular flexibility index (Phi) is 4.01. The van der Waals surface area contributed by atoms with Crippen LogP contribution in [0.5, 0.6) is 0 Å². The van der Waals surface area contributed by atoms with Crippen molar-refractivity contribution < 1.29 is 13.9 Å². The summed E-state index contributed by atoms with van der Waals surface area (Å²) >= 11 is 0. The molecule has 4 heteroatoms. The first-order chi connectivity index (χ1) is 9.75. The molecule has 1 saturated heterocycles. The van der Waals surface area contributed by atoms with Gasteiger partial charge >= 0.3 is 0 Å². The van der Waals surface area contributed by atoms with E-state index >= 15 is 0 Å². The number of halogens is 1. The van der Waals surface area contributed by atoms with Crippen molar-refractivity contribution >= 4 is 5.91 Å². The third-order valence-electron chi connectivity index (χ3n) is 4.35. The standard InChI is InChI=1S/C16H20FNO2/c17-13-6-2-1-5-12(13)11-16(19)18-9-10-20-15-8-4-3-7-14(15)18/h1-2,5-6,14-15H,3-4,7-11H2. The molecular formula is C16H20FNO2. The second kappa shape index (κ2) is 5.92. The number of carbonyl (C=O) groups excluding carboxylic acids is 1. The number of ether oxygens (including phenoxy) is 1. The van der Waals surface area contributed by atoms with Crippen molar-refractivity contribution in [2.24, 2.45) is 0 Å². The monoisotopic (exact) mass is 277 g/mol. The van der Waals surface area contributed by atoms with Gasteiger partial charge in [0, 0.05) is 6.54 Å². The molecule has 0 spiro atoms. The summed E-state index contributed by atoms with van der Waals surface area (Å²) in [6, 6.07) is 6.71. The summed E-state index contributed by atoms with van der Waals surface area (Å²) in [5.41, 5.74) is 0.483. The molecule has 1 amide bonds. The van der Waals surface area contributed by atoms with E-state index in [0.717, 1.165) is 19.3 Å². The average Bonchev–Trinajstić information content (AvgIpc) is 2.49. The van der Waals surface area contributed by atoms with E-state index in [1.807, 2.05) is 4.90 Å². The number of hydrogen-bond acceptors (Lipinski definition) is 2. The fourth-order valence-corrected chi connectivity index (χ4v) is 3.31. The molecule has 0 radical (unpaired) electrons. The average molecular weight is 277 g/mol. The molecule has 1 heterocycles. The Balaban J connectivity index is 1.71. The molecule has 0 bridgehead atoms. The zero-order valence-electron chi connectivity index (χ0n) is 11.6. The highest BCUT2D eigenvalue weighted by atomic mass is 19.1. The Morgan fingerprint density at radius 1 is 1.30 bits per heavy atom. The molecule has 0 aromatic heterocycles. The van der Waals surface area contributed by atoms with Crippen molar-refractivity contribution in [3.8, 4) is 0 Å². The van der Waals surface area contributed by atoms with Crippen molar-refractivity contribution in [3.05, 3.63) is 35.6 Å². The first-order valence-electron chi connectivity index (χ1n) is 7.40. The fourth-order valence-electron chi connectivity index (χ4n) is 3.31. The molecule has 2 fully saturated rings. The van der Waals surface area contributed by atoms with E-state index in [4.69, 9.17) is 4.74 Å². The Morgan fingerprint density at radius 2 is 2.10 bits per heavy atom. The molecule has 1 aromatic carbocycles. The van der Waals surface area contributed by atoms with Crippen molar-refractivity contribution in [3.63, 3.8) is 0 Å². The third-order valence-corrected chi connectivity index (χ3v) is 4.35. The van der Waals surface area contributed by atoms with Crippen LogP contribution in [0, 0.1) is 5.82 Å². The second-order valence-corrected chi connectivity index (χ2v) is 5.62. The smallest absolute Gasteiger partial charge is 0.227 e. The molecule has 0 N–H and O–H groups in total. The molecule has 1 aliphatic carbocycles. The van der Waals surface area contributed by atoms with Crippen molar-refractivity contribution in [2.45, 2.75) is 44.2 Å². The van der Waals surface area contributed by atoms with E-state index in [2.05, 4.69) is 0 Å². The van der Waals surface area contributed by atoms with Gasteiger partial charge in [-0.2, -0.15) is 0 Å². The Hall–Kier alpha value is -1.42. The van der Waals surface area contributed by atoms with Gasteiger partial charge in [0.1, 0.15) is 5.82 Å². The van der Waals surface area contributed by atoms with Crippen LogP contribution in [-0.4, -0.2) is 36.1 Å². The van der Waals surface area contributed by atoms with Crippen LogP contribution < -0.4 is 0 Å². The normalized spacial score (nSPS) is 26.1.